The second kappa shape index (κ2) is 7.50. The van der Waals surface area contributed by atoms with E-state index in [2.05, 4.69) is 26.1 Å². The molecule has 1 unspecified atom stereocenters. The highest BCUT2D eigenvalue weighted by atomic mass is 16.5. The summed E-state index contributed by atoms with van der Waals surface area (Å²) >= 11 is 0. The van der Waals surface area contributed by atoms with E-state index >= 15 is 0 Å². The van der Waals surface area contributed by atoms with Crippen molar-refractivity contribution in [3.8, 4) is 5.75 Å². The van der Waals surface area contributed by atoms with Crippen molar-refractivity contribution in [3.05, 3.63) is 70.1 Å². The molecule has 0 radical (unpaired) electrons. The maximum atomic E-state index is 12.5. The van der Waals surface area contributed by atoms with Gasteiger partial charge in [0, 0.05) is 23.2 Å². The average molecular weight is 379 g/mol. The zero-order valence-electron chi connectivity index (χ0n) is 16.8. The number of amides is 1. The zero-order valence-corrected chi connectivity index (χ0v) is 16.8. The van der Waals surface area contributed by atoms with Crippen LogP contribution in [-0.2, 0) is 10.2 Å². The number of carbonyl (C=O) groups is 1. The number of rotatable bonds is 4. The largest absolute Gasteiger partial charge is 0.481 e. The van der Waals surface area contributed by atoms with Crippen molar-refractivity contribution in [3.63, 3.8) is 0 Å². The molecule has 0 spiro atoms. The van der Waals surface area contributed by atoms with Gasteiger partial charge in [0.05, 0.1) is 0 Å². The molecule has 146 valence electrons. The first-order valence-electron chi connectivity index (χ1n) is 9.26. The third-order valence-electron chi connectivity index (χ3n) is 4.62. The smallest absolute Gasteiger partial charge is 0.336 e. The number of fused-ring (bicyclic) bond motifs is 1. The molecule has 0 aliphatic carbocycles. The Balaban J connectivity index is 1.70. The van der Waals surface area contributed by atoms with Crippen molar-refractivity contribution in [1.82, 2.24) is 0 Å². The number of nitrogens with one attached hydrogen (secondary N) is 1. The Bertz CT molecular complexity index is 1060. The summed E-state index contributed by atoms with van der Waals surface area (Å²) in [5.41, 5.74) is 2.83. The first-order chi connectivity index (χ1) is 13.1. The molecule has 1 N–H and O–H groups in total. The standard InChI is InChI=1S/C23H25NO4/c1-14-12-21(25)28-20-13-18(10-11-19(14)20)27-15(2)22(26)24-17-8-6-16(7-9-17)23(3,4)5/h6-13,15H,1-5H3,(H,24,26). The van der Waals surface area contributed by atoms with Gasteiger partial charge in [-0.25, -0.2) is 4.79 Å². The Kier molecular flexibility index (Phi) is 5.27. The molecule has 1 heterocycles. The van der Waals surface area contributed by atoms with Crippen molar-refractivity contribution >= 4 is 22.6 Å². The summed E-state index contributed by atoms with van der Waals surface area (Å²) in [6, 6.07) is 14.5. The molecule has 1 aromatic heterocycles. The molecule has 0 bridgehead atoms. The van der Waals surface area contributed by atoms with Crippen molar-refractivity contribution in [2.75, 3.05) is 5.32 Å². The summed E-state index contributed by atoms with van der Waals surface area (Å²) in [6.07, 6.45) is -0.712. The number of ether oxygens (including phenoxy) is 1. The zero-order chi connectivity index (χ0) is 20.5. The number of benzene rings is 2. The molecule has 3 aromatic rings. The van der Waals surface area contributed by atoms with E-state index in [9.17, 15) is 9.59 Å². The summed E-state index contributed by atoms with van der Waals surface area (Å²) in [5, 5.41) is 3.69. The Morgan fingerprint density at radius 1 is 1.07 bits per heavy atom. The molecule has 1 amide bonds. The quantitative estimate of drug-likeness (QED) is 0.661. The lowest BCUT2D eigenvalue weighted by molar-refractivity contribution is -0.122. The number of hydrogen-bond acceptors (Lipinski definition) is 4. The minimum absolute atomic E-state index is 0.0579. The van der Waals surface area contributed by atoms with Crippen LogP contribution in [0.1, 0.15) is 38.8 Å². The normalized spacial score (nSPS) is 12.6. The van der Waals surface area contributed by atoms with Gasteiger partial charge in [0.1, 0.15) is 11.3 Å². The molecule has 5 nitrogen and oxygen atoms in total. The molecule has 0 fully saturated rings. The van der Waals surface area contributed by atoms with Crippen LogP contribution in [0.5, 0.6) is 5.75 Å². The third-order valence-corrected chi connectivity index (χ3v) is 4.62. The monoisotopic (exact) mass is 379 g/mol. The topological polar surface area (TPSA) is 68.5 Å². The number of hydrogen-bond donors (Lipinski definition) is 1. The summed E-state index contributed by atoms with van der Waals surface area (Å²) in [5.74, 6) is 0.210. The van der Waals surface area contributed by atoms with Crippen LogP contribution in [0.4, 0.5) is 5.69 Å². The SMILES string of the molecule is Cc1cc(=O)oc2cc(OC(C)C(=O)Nc3ccc(C(C)(C)C)cc3)ccc12. The van der Waals surface area contributed by atoms with Crippen molar-refractivity contribution in [1.29, 1.82) is 0 Å². The first kappa shape index (κ1) is 19.7. The van der Waals surface area contributed by atoms with Crippen LogP contribution in [0.2, 0.25) is 0 Å². The highest BCUT2D eigenvalue weighted by Crippen LogP contribution is 2.25. The van der Waals surface area contributed by atoms with Crippen LogP contribution in [-0.4, -0.2) is 12.0 Å². The minimum atomic E-state index is -0.712. The Hall–Kier alpha value is -3.08. The van der Waals surface area contributed by atoms with E-state index in [0.717, 1.165) is 10.9 Å². The van der Waals surface area contributed by atoms with Crippen molar-refractivity contribution in [2.45, 2.75) is 46.1 Å². The van der Waals surface area contributed by atoms with Crippen molar-refractivity contribution in [2.24, 2.45) is 0 Å². The van der Waals surface area contributed by atoms with Gasteiger partial charge < -0.3 is 14.5 Å². The van der Waals surface area contributed by atoms with Gasteiger partial charge in [-0.3, -0.25) is 4.79 Å². The predicted molar refractivity (Wildman–Crippen MR) is 111 cm³/mol. The maximum absolute atomic E-state index is 12.5. The van der Waals surface area contributed by atoms with E-state index in [1.165, 1.54) is 11.6 Å². The Morgan fingerprint density at radius 2 is 1.75 bits per heavy atom. The van der Waals surface area contributed by atoms with E-state index < -0.39 is 11.7 Å². The van der Waals surface area contributed by atoms with Crippen LogP contribution in [0.3, 0.4) is 0 Å². The van der Waals surface area contributed by atoms with E-state index in [4.69, 9.17) is 9.15 Å². The highest BCUT2D eigenvalue weighted by Gasteiger charge is 2.17. The molecule has 5 heteroatoms. The molecule has 3 rings (SSSR count). The lowest BCUT2D eigenvalue weighted by Crippen LogP contribution is -2.30. The van der Waals surface area contributed by atoms with Gasteiger partial charge in [-0.2, -0.15) is 0 Å². The maximum Gasteiger partial charge on any atom is 0.336 e. The fraction of sp³-hybridized carbons (Fsp3) is 0.304. The predicted octanol–water partition coefficient (Wildman–Crippen LogP) is 4.80. The lowest BCUT2D eigenvalue weighted by atomic mass is 9.87. The fourth-order valence-corrected chi connectivity index (χ4v) is 2.93. The molecule has 28 heavy (non-hydrogen) atoms. The Morgan fingerprint density at radius 3 is 2.39 bits per heavy atom. The van der Waals surface area contributed by atoms with Gasteiger partial charge in [0.2, 0.25) is 0 Å². The van der Waals surface area contributed by atoms with Gasteiger partial charge >= 0.3 is 5.63 Å². The van der Waals surface area contributed by atoms with Crippen molar-refractivity contribution < 1.29 is 13.9 Å². The van der Waals surface area contributed by atoms with Gasteiger partial charge in [0.25, 0.3) is 5.91 Å². The molecule has 0 saturated heterocycles. The molecule has 2 aromatic carbocycles. The van der Waals surface area contributed by atoms with Gasteiger partial charge in [-0.1, -0.05) is 32.9 Å². The summed E-state index contributed by atoms with van der Waals surface area (Å²) in [7, 11) is 0. The molecule has 0 saturated carbocycles. The molecule has 1 atom stereocenters. The van der Waals surface area contributed by atoms with E-state index in [1.807, 2.05) is 37.3 Å². The molecular weight excluding hydrogens is 354 g/mol. The van der Waals surface area contributed by atoms with Gasteiger partial charge in [-0.05, 0) is 54.7 Å². The second-order valence-electron chi connectivity index (χ2n) is 7.98. The highest BCUT2D eigenvalue weighted by molar-refractivity contribution is 5.94. The minimum Gasteiger partial charge on any atom is -0.481 e. The van der Waals surface area contributed by atoms with Crippen LogP contribution >= 0.6 is 0 Å². The fourth-order valence-electron chi connectivity index (χ4n) is 2.93. The van der Waals surface area contributed by atoms with Crippen LogP contribution in [0, 0.1) is 6.92 Å². The molecule has 0 aliphatic rings. The summed E-state index contributed by atoms with van der Waals surface area (Å²) in [6.45, 7) is 9.95. The number of aryl methyl sites for hydroxylation is 1. The van der Waals surface area contributed by atoms with Gasteiger partial charge in [0.15, 0.2) is 6.10 Å². The van der Waals surface area contributed by atoms with E-state index in [0.29, 0.717) is 17.0 Å². The second-order valence-corrected chi connectivity index (χ2v) is 7.98. The third kappa shape index (κ3) is 4.42. The lowest BCUT2D eigenvalue weighted by Gasteiger charge is -2.19. The summed E-state index contributed by atoms with van der Waals surface area (Å²) in [4.78, 5) is 24.0. The summed E-state index contributed by atoms with van der Waals surface area (Å²) < 4.78 is 11.0. The number of carbonyl (C=O) groups excluding carboxylic acids is 1. The molecular formula is C23H25NO4. The van der Waals surface area contributed by atoms with Crippen LogP contribution < -0.4 is 15.7 Å². The van der Waals surface area contributed by atoms with E-state index in [1.54, 1.807) is 19.1 Å². The van der Waals surface area contributed by atoms with E-state index in [-0.39, 0.29) is 11.3 Å². The van der Waals surface area contributed by atoms with Gasteiger partial charge in [-0.15, -0.1) is 0 Å². The Labute approximate surface area is 164 Å². The number of anilines is 1. The first-order valence-corrected chi connectivity index (χ1v) is 9.26. The van der Waals surface area contributed by atoms with Crippen LogP contribution in [0.25, 0.3) is 11.0 Å². The molecule has 0 aliphatic heterocycles. The average Bonchev–Trinajstić information content (AvgIpc) is 2.60. The van der Waals surface area contributed by atoms with Crippen LogP contribution in [0.15, 0.2) is 57.7 Å².